The van der Waals surface area contributed by atoms with Crippen molar-refractivity contribution in [3.8, 4) is 45.0 Å². The van der Waals surface area contributed by atoms with Crippen LogP contribution in [0.2, 0.25) is 0 Å². The third-order valence-electron chi connectivity index (χ3n) is 23.6. The standard InChI is InChI=1S/2C27H32N8O.C22H23N7O.C21H23N7O2S/c2*1-18-7-9-19(10-8-18)23-22-24(28)31-17-32-25(22)35(33-23)27(2,3)16-30-26(36)21-15-20(11-12-29-21)34-13-5-4-6-14-34;1-14-4-6-15(7-5-14)18-17-19(23)26-13-27-20(17)29(28-18)22(2,3)12-25-21(30)16-8-10-24-11-9-16;1-14-7-9-15(10-8-14)18-17-19(22)24-13-25-20(17)28(27-18)21(2,3)12-26-31(29,30)16-6-4-5-11-23-16/h2*7-12,15,17H,4-6,13-14,16H2,1-3H3,(H,30,36)(H2,28,31,32);4-11,13H,12H2,1-3H3,(H,25,30)(H2,23,26,27);4-11,13,26H,12H2,1-3H3,(H2,22,24,25). The molecule has 0 atom stereocenters. The number of amides is 3. The Kier molecular flexibility index (Phi) is 27.3. The molecule has 2 aliphatic rings. The Morgan fingerprint density at radius 1 is 0.346 bits per heavy atom. The Balaban J connectivity index is 0.000000136. The predicted octanol–water partition coefficient (Wildman–Crippen LogP) is 13.3. The van der Waals surface area contributed by atoms with Crippen LogP contribution in [0.5, 0.6) is 0 Å². The van der Waals surface area contributed by atoms with E-state index in [4.69, 9.17) is 43.3 Å². The van der Waals surface area contributed by atoms with Gasteiger partial charge in [-0.05, 0) is 170 Å². The van der Waals surface area contributed by atoms with E-state index in [9.17, 15) is 22.8 Å². The number of hydrogen-bond acceptors (Lipinski definition) is 27. The SMILES string of the molecule is Cc1ccc(-c2nn(C(C)(C)CNC(=O)c3cc(N4CCCCC4)ccn3)c3ncnc(N)c23)cc1.Cc1ccc(-c2nn(C(C)(C)CNC(=O)c3cc(N4CCCCC4)ccn3)c3ncnc(N)c23)cc1.Cc1ccc(-c2nn(C(C)(C)CNC(=O)c3ccncc3)c3ncnc(N)c23)cc1.Cc1ccc(-c2nn(C(C)(C)CNS(=O)(=O)c3ccccn3)c3ncnc(N)c23)cc1. The number of fused-ring (bicyclic) bond motifs is 4. The Labute approximate surface area is 770 Å². The minimum Gasteiger partial charge on any atom is -0.383 e. The molecule has 684 valence electrons. The summed E-state index contributed by atoms with van der Waals surface area (Å²) in [6, 6.07) is 48.0. The number of nitrogen functional groups attached to an aromatic ring is 4. The van der Waals surface area contributed by atoms with Crippen molar-refractivity contribution in [2.45, 2.75) is 149 Å². The lowest BCUT2D eigenvalue weighted by Gasteiger charge is -2.29. The van der Waals surface area contributed by atoms with Gasteiger partial charge in [0.05, 0.1) is 43.7 Å². The first-order chi connectivity index (χ1) is 63.7. The average molecular weight is 1810 g/mol. The number of rotatable bonds is 23. The minimum atomic E-state index is -3.77. The second-order valence-corrected chi connectivity index (χ2v) is 37.5. The minimum absolute atomic E-state index is 0.0389. The van der Waals surface area contributed by atoms with Crippen LogP contribution in [-0.2, 0) is 32.2 Å². The van der Waals surface area contributed by atoms with Gasteiger partial charge in [0.25, 0.3) is 27.7 Å². The summed E-state index contributed by atoms with van der Waals surface area (Å²) in [5.74, 6) is 0.836. The van der Waals surface area contributed by atoms with Crippen LogP contribution in [0.4, 0.5) is 34.6 Å². The van der Waals surface area contributed by atoms with E-state index in [2.05, 4.69) is 90.3 Å². The van der Waals surface area contributed by atoms with Crippen LogP contribution in [0.15, 0.2) is 213 Å². The fraction of sp³-hybridized carbons (Fsp3) is 0.309. The van der Waals surface area contributed by atoms with Crippen LogP contribution in [-0.4, -0.2) is 177 Å². The van der Waals surface area contributed by atoms with Crippen molar-refractivity contribution < 1.29 is 22.8 Å². The second kappa shape index (κ2) is 39.2. The summed E-state index contributed by atoms with van der Waals surface area (Å²) < 4.78 is 35.1. The lowest BCUT2D eigenvalue weighted by atomic mass is 10.1. The Bertz CT molecular complexity index is 6760. The molecule has 36 heteroatoms. The molecule has 2 saturated heterocycles. The smallest absolute Gasteiger partial charge is 0.270 e. The molecule has 0 radical (unpaired) electrons. The molecule has 16 aromatic rings. The summed E-state index contributed by atoms with van der Waals surface area (Å²) in [5, 5.41) is 31.2. The van der Waals surface area contributed by atoms with E-state index in [1.54, 1.807) is 53.7 Å². The third kappa shape index (κ3) is 20.8. The monoisotopic (exact) mass is 1810 g/mol. The molecule has 12 aromatic heterocycles. The zero-order valence-electron chi connectivity index (χ0n) is 76.6. The topological polar surface area (TPSA) is 470 Å². The van der Waals surface area contributed by atoms with Crippen molar-refractivity contribution in [2.24, 2.45) is 0 Å². The molecule has 4 aromatic carbocycles. The second-order valence-electron chi connectivity index (χ2n) is 35.8. The van der Waals surface area contributed by atoms with Crippen molar-refractivity contribution in [2.75, 3.05) is 85.1 Å². The number of pyridine rings is 4. The number of aromatic nitrogens is 20. The van der Waals surface area contributed by atoms with Crippen LogP contribution in [0.1, 0.15) is 148 Å². The fourth-order valence-corrected chi connectivity index (χ4v) is 17.0. The number of sulfonamides is 1. The van der Waals surface area contributed by atoms with E-state index in [1.165, 1.54) is 76.1 Å². The Morgan fingerprint density at radius 3 is 0.962 bits per heavy atom. The van der Waals surface area contributed by atoms with E-state index in [0.717, 1.165) is 99.1 Å². The van der Waals surface area contributed by atoms with Gasteiger partial charge in [-0.3, -0.25) is 29.3 Å². The van der Waals surface area contributed by atoms with Crippen LogP contribution in [0, 0.1) is 27.7 Å². The molecule has 12 N–H and O–H groups in total. The van der Waals surface area contributed by atoms with E-state index in [-0.39, 0.29) is 29.3 Å². The van der Waals surface area contributed by atoms with Gasteiger partial charge in [0, 0.05) is 123 Å². The third-order valence-corrected chi connectivity index (χ3v) is 24.9. The number of piperidine rings is 2. The van der Waals surface area contributed by atoms with Crippen LogP contribution >= 0.6 is 0 Å². The number of carbonyl (C=O) groups is 3. The maximum absolute atomic E-state index is 13.1. The maximum atomic E-state index is 13.1. The van der Waals surface area contributed by atoms with Crippen molar-refractivity contribution in [1.82, 2.24) is 120 Å². The molecule has 133 heavy (non-hydrogen) atoms. The van der Waals surface area contributed by atoms with Crippen molar-refractivity contribution in [3.05, 3.63) is 247 Å². The number of nitrogens with one attached hydrogen (secondary N) is 4. The van der Waals surface area contributed by atoms with Gasteiger partial charge in [0.15, 0.2) is 27.6 Å². The highest BCUT2D eigenvalue weighted by Crippen LogP contribution is 2.39. The highest BCUT2D eigenvalue weighted by Gasteiger charge is 2.35. The lowest BCUT2D eigenvalue weighted by Crippen LogP contribution is -2.41. The molecule has 0 spiro atoms. The van der Waals surface area contributed by atoms with Gasteiger partial charge in [-0.25, -0.2) is 76.7 Å². The largest absolute Gasteiger partial charge is 0.383 e. The van der Waals surface area contributed by atoms with Crippen molar-refractivity contribution >= 4 is 107 Å². The van der Waals surface area contributed by atoms with Gasteiger partial charge in [0.1, 0.15) is 82.7 Å². The molecule has 14 heterocycles. The van der Waals surface area contributed by atoms with Crippen molar-refractivity contribution in [1.29, 1.82) is 0 Å². The van der Waals surface area contributed by atoms with Crippen LogP contribution in [0.25, 0.3) is 89.2 Å². The van der Waals surface area contributed by atoms with Crippen LogP contribution < -0.4 is 53.4 Å². The summed E-state index contributed by atoms with van der Waals surface area (Å²) >= 11 is 0. The summed E-state index contributed by atoms with van der Waals surface area (Å²) in [6.07, 6.45) is 20.9. The predicted molar refractivity (Wildman–Crippen MR) is 518 cm³/mol. The normalized spacial score (nSPS) is 13.2. The number of nitrogens with zero attached hydrogens (tertiary/aromatic N) is 22. The van der Waals surface area contributed by atoms with Gasteiger partial charge in [0.2, 0.25) is 0 Å². The fourth-order valence-electron chi connectivity index (χ4n) is 15.9. The number of aryl methyl sites for hydroxylation is 4. The average Bonchev–Trinajstić information content (AvgIpc) is 1.62. The van der Waals surface area contributed by atoms with E-state index >= 15 is 0 Å². The highest BCUT2D eigenvalue weighted by atomic mass is 32.2. The first-order valence-electron chi connectivity index (χ1n) is 44.1. The quantitative estimate of drug-likeness (QED) is 0.0295. The highest BCUT2D eigenvalue weighted by molar-refractivity contribution is 7.89. The number of carbonyl (C=O) groups excluding carboxylic acids is 3. The molecule has 3 amide bonds. The van der Waals surface area contributed by atoms with E-state index < -0.39 is 32.2 Å². The molecule has 2 fully saturated rings. The lowest BCUT2D eigenvalue weighted by molar-refractivity contribution is 0.0924. The molecule has 0 unspecified atom stereocenters. The van der Waals surface area contributed by atoms with Gasteiger partial charge < -0.3 is 48.7 Å². The molecule has 0 aliphatic carbocycles. The summed E-state index contributed by atoms with van der Waals surface area (Å²) in [4.78, 5) is 94.3. The Morgan fingerprint density at radius 2 is 0.654 bits per heavy atom. The molecular formula is C97H110N30O5S. The van der Waals surface area contributed by atoms with Gasteiger partial charge in [-0.15, -0.1) is 0 Å². The number of anilines is 6. The summed E-state index contributed by atoms with van der Waals surface area (Å²) in [5.41, 5.74) is 39.4. The first-order valence-corrected chi connectivity index (χ1v) is 45.5. The molecule has 0 saturated carbocycles. The zero-order chi connectivity index (χ0) is 94.1. The molecule has 35 nitrogen and oxygen atoms in total. The number of benzene rings is 4. The van der Waals surface area contributed by atoms with Crippen LogP contribution in [0.3, 0.4) is 0 Å². The van der Waals surface area contributed by atoms with Gasteiger partial charge >= 0.3 is 0 Å². The molecular weight excluding hydrogens is 1700 g/mol. The number of nitrogens with two attached hydrogens (primary N) is 4. The van der Waals surface area contributed by atoms with E-state index in [1.807, 2.05) is 218 Å². The van der Waals surface area contributed by atoms with Gasteiger partial charge in [-0.2, -0.15) is 20.4 Å². The maximum Gasteiger partial charge on any atom is 0.270 e. The Hall–Kier alpha value is -15.2. The molecule has 18 rings (SSSR count). The number of hydrogen-bond donors (Lipinski definition) is 8. The summed E-state index contributed by atoms with van der Waals surface area (Å²) in [7, 11) is -3.77. The zero-order valence-corrected chi connectivity index (χ0v) is 77.4. The van der Waals surface area contributed by atoms with Crippen molar-refractivity contribution in [3.63, 3.8) is 0 Å². The van der Waals surface area contributed by atoms with Gasteiger partial charge in [-0.1, -0.05) is 125 Å². The first kappa shape index (κ1) is 92.5. The molecule has 2 aliphatic heterocycles. The summed E-state index contributed by atoms with van der Waals surface area (Å²) in [6.45, 7) is 29.0. The molecule has 0 bridgehead atoms. The van der Waals surface area contributed by atoms with E-state index in [0.29, 0.717) is 110 Å².